The molecule has 2 aromatic rings. The molecule has 2 rings (SSSR count). The van der Waals surface area contributed by atoms with E-state index in [1.807, 2.05) is 10.8 Å². The fourth-order valence-electron chi connectivity index (χ4n) is 2.61. The van der Waals surface area contributed by atoms with Crippen molar-refractivity contribution in [2.75, 3.05) is 38.3 Å². The number of nitrogens with zero attached hydrogens (tertiary/aromatic N) is 4. The lowest BCUT2D eigenvalue weighted by Crippen LogP contribution is -2.40. The van der Waals surface area contributed by atoms with Crippen molar-refractivity contribution in [2.24, 2.45) is 5.92 Å². The van der Waals surface area contributed by atoms with Crippen LogP contribution in [0, 0.1) is 5.92 Å². The molecule has 11 heteroatoms. The molecular formula is C20H30N6O4S. The van der Waals surface area contributed by atoms with Crippen molar-refractivity contribution in [3.05, 3.63) is 29.8 Å². The van der Waals surface area contributed by atoms with Crippen molar-refractivity contribution in [1.29, 1.82) is 0 Å². The van der Waals surface area contributed by atoms with E-state index in [-0.39, 0.29) is 43.2 Å². The fourth-order valence-corrected chi connectivity index (χ4v) is 3.49. The van der Waals surface area contributed by atoms with Gasteiger partial charge < -0.3 is 19.9 Å². The van der Waals surface area contributed by atoms with Crippen LogP contribution in [-0.4, -0.2) is 65.6 Å². The summed E-state index contributed by atoms with van der Waals surface area (Å²) < 4.78 is 6.94. The van der Waals surface area contributed by atoms with Gasteiger partial charge in [0.05, 0.1) is 25.6 Å². The van der Waals surface area contributed by atoms with Crippen LogP contribution in [0.3, 0.4) is 0 Å². The molecule has 0 aliphatic rings. The first-order valence-electron chi connectivity index (χ1n) is 10.2. The number of aromatic nitrogens is 3. The maximum Gasteiger partial charge on any atom is 0.263 e. The second-order valence-electron chi connectivity index (χ2n) is 7.15. The van der Waals surface area contributed by atoms with Gasteiger partial charge in [-0.15, -0.1) is 0 Å². The third-order valence-corrected chi connectivity index (χ3v) is 5.39. The van der Waals surface area contributed by atoms with Crippen LogP contribution >= 0.6 is 11.3 Å². The third kappa shape index (κ3) is 8.10. The van der Waals surface area contributed by atoms with Gasteiger partial charge in [-0.25, -0.2) is 9.97 Å². The number of rotatable bonds is 13. The average Bonchev–Trinajstić information content (AvgIpc) is 3.44. The van der Waals surface area contributed by atoms with Gasteiger partial charge in [-0.3, -0.25) is 19.3 Å². The highest BCUT2D eigenvalue weighted by Crippen LogP contribution is 2.23. The largest absolute Gasteiger partial charge is 0.384 e. The summed E-state index contributed by atoms with van der Waals surface area (Å²) in [6, 6.07) is 0. The lowest BCUT2D eigenvalue weighted by Gasteiger charge is -2.20. The highest BCUT2D eigenvalue weighted by Gasteiger charge is 2.21. The number of carbonyl (C=O) groups is 3. The van der Waals surface area contributed by atoms with Gasteiger partial charge in [0.25, 0.3) is 5.91 Å². The highest BCUT2D eigenvalue weighted by atomic mass is 32.1. The standard InChI is InChI=1S/C20H30N6O4S/c1-15(2)18(28)23-8-11-26(17(27)5-12-30-3)20-24-13-16(31-20)19(29)22-6-4-9-25-10-7-21-14-25/h7,10,13-15H,4-6,8-9,11-12H2,1-3H3,(H,22,29)(H,23,28). The fraction of sp³-hybridized carbons (Fsp3) is 0.550. The summed E-state index contributed by atoms with van der Waals surface area (Å²) in [5, 5.41) is 6.08. The van der Waals surface area contributed by atoms with E-state index in [0.717, 1.165) is 24.3 Å². The van der Waals surface area contributed by atoms with Crippen LogP contribution in [0.25, 0.3) is 0 Å². The molecule has 3 amide bonds. The summed E-state index contributed by atoms with van der Waals surface area (Å²) in [6.07, 6.45) is 7.74. The van der Waals surface area contributed by atoms with Gasteiger partial charge in [-0.1, -0.05) is 25.2 Å². The van der Waals surface area contributed by atoms with Gasteiger partial charge >= 0.3 is 0 Å². The second kappa shape index (κ2) is 12.8. The number of imidazole rings is 1. The molecule has 0 saturated heterocycles. The predicted molar refractivity (Wildman–Crippen MR) is 118 cm³/mol. The van der Waals surface area contributed by atoms with Crippen LogP contribution in [0.5, 0.6) is 0 Å². The quantitative estimate of drug-likeness (QED) is 0.444. The number of ether oxygens (including phenoxy) is 1. The van der Waals surface area contributed by atoms with Gasteiger partial charge in [-0.2, -0.15) is 0 Å². The maximum atomic E-state index is 12.6. The summed E-state index contributed by atoms with van der Waals surface area (Å²) in [6.45, 7) is 5.73. The van der Waals surface area contributed by atoms with Gasteiger partial charge in [0.2, 0.25) is 11.8 Å². The Hall–Kier alpha value is -2.79. The zero-order valence-electron chi connectivity index (χ0n) is 18.2. The van der Waals surface area contributed by atoms with E-state index in [1.54, 1.807) is 26.4 Å². The van der Waals surface area contributed by atoms with Gasteiger partial charge in [0.1, 0.15) is 4.88 Å². The van der Waals surface area contributed by atoms with Crippen molar-refractivity contribution >= 4 is 34.2 Å². The molecule has 0 fully saturated rings. The smallest absolute Gasteiger partial charge is 0.263 e. The van der Waals surface area contributed by atoms with Crippen LogP contribution in [-0.2, 0) is 20.9 Å². The molecule has 0 aliphatic heterocycles. The molecule has 0 unspecified atom stereocenters. The molecule has 31 heavy (non-hydrogen) atoms. The lowest BCUT2D eigenvalue weighted by atomic mass is 10.2. The van der Waals surface area contributed by atoms with E-state index in [2.05, 4.69) is 20.6 Å². The van der Waals surface area contributed by atoms with Crippen LogP contribution in [0.1, 0.15) is 36.4 Å². The summed E-state index contributed by atoms with van der Waals surface area (Å²) in [5.41, 5.74) is 0. The summed E-state index contributed by atoms with van der Waals surface area (Å²) in [5.74, 6) is -0.630. The Balaban J connectivity index is 1.92. The molecule has 0 radical (unpaired) electrons. The molecule has 0 aliphatic carbocycles. The molecule has 10 nitrogen and oxygen atoms in total. The third-order valence-electron chi connectivity index (χ3n) is 4.37. The van der Waals surface area contributed by atoms with E-state index in [4.69, 9.17) is 4.74 Å². The minimum atomic E-state index is -0.230. The lowest BCUT2D eigenvalue weighted by molar-refractivity contribution is -0.124. The van der Waals surface area contributed by atoms with Crippen LogP contribution in [0.15, 0.2) is 24.9 Å². The molecular weight excluding hydrogens is 420 g/mol. The molecule has 2 N–H and O–H groups in total. The van der Waals surface area contributed by atoms with Gasteiger partial charge in [0, 0.05) is 51.6 Å². The van der Waals surface area contributed by atoms with Crippen LogP contribution < -0.4 is 15.5 Å². The summed E-state index contributed by atoms with van der Waals surface area (Å²) in [4.78, 5) is 47.0. The molecule has 0 saturated carbocycles. The van der Waals surface area contributed by atoms with Gasteiger partial charge in [-0.05, 0) is 6.42 Å². The van der Waals surface area contributed by atoms with E-state index < -0.39 is 0 Å². The number of aryl methyl sites for hydroxylation is 1. The molecule has 0 atom stereocenters. The summed E-state index contributed by atoms with van der Waals surface area (Å²) in [7, 11) is 1.53. The van der Waals surface area contributed by atoms with Gasteiger partial charge in [0.15, 0.2) is 5.13 Å². The minimum absolute atomic E-state index is 0.0841. The Bertz CT molecular complexity index is 837. The first kappa shape index (κ1) is 24.5. The highest BCUT2D eigenvalue weighted by molar-refractivity contribution is 7.17. The van der Waals surface area contributed by atoms with E-state index in [0.29, 0.717) is 23.1 Å². The van der Waals surface area contributed by atoms with Crippen molar-refractivity contribution in [1.82, 2.24) is 25.2 Å². The molecule has 0 spiro atoms. The Morgan fingerprint density at radius 2 is 2.06 bits per heavy atom. The molecule has 2 aromatic heterocycles. The number of hydrogen-bond acceptors (Lipinski definition) is 7. The number of amides is 3. The number of thiazole rings is 1. The Morgan fingerprint density at radius 3 is 2.74 bits per heavy atom. The van der Waals surface area contributed by atoms with Crippen LogP contribution in [0.2, 0.25) is 0 Å². The van der Waals surface area contributed by atoms with Crippen molar-refractivity contribution < 1.29 is 19.1 Å². The average molecular weight is 451 g/mol. The SMILES string of the molecule is COCCC(=O)N(CCNC(=O)C(C)C)c1ncc(C(=O)NCCCn2ccnc2)s1. The van der Waals surface area contributed by atoms with E-state index in [1.165, 1.54) is 18.2 Å². The topological polar surface area (TPSA) is 118 Å². The monoisotopic (exact) mass is 450 g/mol. The number of carbonyl (C=O) groups excluding carboxylic acids is 3. The molecule has 0 bridgehead atoms. The van der Waals surface area contributed by atoms with Crippen molar-refractivity contribution in [2.45, 2.75) is 33.2 Å². The normalized spacial score (nSPS) is 10.8. The Kier molecular flexibility index (Phi) is 10.1. The molecule has 2 heterocycles. The van der Waals surface area contributed by atoms with Crippen molar-refractivity contribution in [3.8, 4) is 0 Å². The number of methoxy groups -OCH3 is 1. The summed E-state index contributed by atoms with van der Waals surface area (Å²) >= 11 is 1.15. The Labute approximate surface area is 186 Å². The number of anilines is 1. The van der Waals surface area contributed by atoms with E-state index in [9.17, 15) is 14.4 Å². The first-order chi connectivity index (χ1) is 14.9. The van der Waals surface area contributed by atoms with E-state index >= 15 is 0 Å². The molecule has 170 valence electrons. The van der Waals surface area contributed by atoms with Crippen LogP contribution in [0.4, 0.5) is 5.13 Å². The number of hydrogen-bond donors (Lipinski definition) is 2. The minimum Gasteiger partial charge on any atom is -0.384 e. The first-order valence-corrected chi connectivity index (χ1v) is 11.0. The van der Waals surface area contributed by atoms with Crippen molar-refractivity contribution in [3.63, 3.8) is 0 Å². The zero-order valence-corrected chi connectivity index (χ0v) is 19.0. The zero-order chi connectivity index (χ0) is 22.6. The maximum absolute atomic E-state index is 12.6. The predicted octanol–water partition coefficient (Wildman–Crippen LogP) is 1.30. The molecule has 0 aromatic carbocycles. The number of nitrogens with one attached hydrogen (secondary N) is 2. The second-order valence-corrected chi connectivity index (χ2v) is 8.16. The Morgan fingerprint density at radius 1 is 1.26 bits per heavy atom.